The summed E-state index contributed by atoms with van der Waals surface area (Å²) in [6.45, 7) is 4.51. The van der Waals surface area contributed by atoms with E-state index in [1.165, 1.54) is 103 Å². The molecular weight excluding hydrogens is 346 g/mol. The Morgan fingerprint density at radius 2 is 0.893 bits per heavy atom. The van der Waals surface area contributed by atoms with E-state index in [-0.39, 0.29) is 0 Å². The molecule has 0 saturated heterocycles. The maximum atomic E-state index is 11.9. The second-order valence-corrected chi connectivity index (χ2v) is 8.79. The molecule has 0 bridgehead atoms. The fraction of sp³-hybridized carbons (Fsp3) is 0.960. The SMILES string of the molecule is CCCCCCCCCCCCC(CCCCCCCCCC)(NC)C(=O)O. The van der Waals surface area contributed by atoms with Gasteiger partial charge in [-0.3, -0.25) is 4.79 Å². The summed E-state index contributed by atoms with van der Waals surface area (Å²) in [4.78, 5) is 11.9. The van der Waals surface area contributed by atoms with Gasteiger partial charge < -0.3 is 10.4 Å². The molecule has 0 fully saturated rings. The molecule has 0 heterocycles. The third-order valence-corrected chi connectivity index (χ3v) is 6.30. The average Bonchev–Trinajstić information content (AvgIpc) is 2.69. The van der Waals surface area contributed by atoms with Gasteiger partial charge in [0, 0.05) is 0 Å². The van der Waals surface area contributed by atoms with Gasteiger partial charge in [0.05, 0.1) is 0 Å². The van der Waals surface area contributed by atoms with Crippen molar-refractivity contribution in [1.29, 1.82) is 0 Å². The van der Waals surface area contributed by atoms with Gasteiger partial charge in [-0.25, -0.2) is 0 Å². The van der Waals surface area contributed by atoms with Gasteiger partial charge in [-0.2, -0.15) is 0 Å². The Hall–Kier alpha value is -0.570. The molecule has 3 nitrogen and oxygen atoms in total. The highest BCUT2D eigenvalue weighted by atomic mass is 16.4. The van der Waals surface area contributed by atoms with E-state index in [0.717, 1.165) is 25.7 Å². The standard InChI is InChI=1S/C25H51NO2/c1-4-6-8-10-12-14-15-17-19-21-23-25(26-3,24(27)28)22-20-18-16-13-11-9-7-5-2/h26H,4-23H2,1-3H3,(H,27,28). The lowest BCUT2D eigenvalue weighted by atomic mass is 9.86. The van der Waals surface area contributed by atoms with Crippen LogP contribution in [0.1, 0.15) is 142 Å². The zero-order valence-corrected chi connectivity index (χ0v) is 19.5. The van der Waals surface area contributed by atoms with E-state index in [4.69, 9.17) is 0 Å². The predicted octanol–water partition coefficient (Wildman–Crippen LogP) is 7.87. The number of aliphatic carboxylic acids is 1. The van der Waals surface area contributed by atoms with Crippen molar-refractivity contribution in [1.82, 2.24) is 5.32 Å². The molecule has 0 radical (unpaired) electrons. The van der Waals surface area contributed by atoms with E-state index in [0.29, 0.717) is 0 Å². The first-order chi connectivity index (χ1) is 13.6. The molecule has 168 valence electrons. The molecule has 3 heteroatoms. The molecule has 0 aliphatic rings. The number of carboxylic acids is 1. The number of unbranched alkanes of at least 4 members (excludes halogenated alkanes) is 16. The van der Waals surface area contributed by atoms with Crippen molar-refractivity contribution in [2.24, 2.45) is 0 Å². The lowest BCUT2D eigenvalue weighted by molar-refractivity contribution is -0.145. The number of hydrogen-bond acceptors (Lipinski definition) is 2. The normalized spacial score (nSPS) is 13.5. The van der Waals surface area contributed by atoms with Crippen molar-refractivity contribution < 1.29 is 9.90 Å². The van der Waals surface area contributed by atoms with E-state index in [1.807, 2.05) is 7.05 Å². The van der Waals surface area contributed by atoms with Gasteiger partial charge in [0.15, 0.2) is 0 Å². The topological polar surface area (TPSA) is 49.3 Å². The van der Waals surface area contributed by atoms with Crippen LogP contribution in [0.25, 0.3) is 0 Å². The number of rotatable bonds is 22. The summed E-state index contributed by atoms with van der Waals surface area (Å²) in [7, 11) is 1.83. The Balaban J connectivity index is 3.86. The molecule has 0 aromatic rings. The largest absolute Gasteiger partial charge is 0.480 e. The van der Waals surface area contributed by atoms with Crippen molar-refractivity contribution in [3.8, 4) is 0 Å². The number of carbonyl (C=O) groups is 1. The van der Waals surface area contributed by atoms with Crippen LogP contribution in [0.3, 0.4) is 0 Å². The Kier molecular flexibility index (Phi) is 19.3. The minimum absolute atomic E-state index is 0.658. The van der Waals surface area contributed by atoms with Gasteiger partial charge in [0.2, 0.25) is 0 Å². The molecule has 0 spiro atoms. The Labute approximate surface area is 176 Å². The van der Waals surface area contributed by atoms with Crippen LogP contribution < -0.4 is 5.32 Å². The van der Waals surface area contributed by atoms with Gasteiger partial charge in [0.1, 0.15) is 5.54 Å². The molecular formula is C25H51NO2. The highest BCUT2D eigenvalue weighted by Crippen LogP contribution is 2.24. The van der Waals surface area contributed by atoms with Crippen molar-refractivity contribution in [2.75, 3.05) is 7.05 Å². The second-order valence-electron chi connectivity index (χ2n) is 8.79. The highest BCUT2D eigenvalue weighted by molar-refractivity contribution is 5.78. The minimum atomic E-state index is -0.706. The van der Waals surface area contributed by atoms with Gasteiger partial charge in [0.25, 0.3) is 0 Å². The van der Waals surface area contributed by atoms with Crippen LogP contribution in [0.15, 0.2) is 0 Å². The zero-order valence-electron chi connectivity index (χ0n) is 19.5. The van der Waals surface area contributed by atoms with Gasteiger partial charge >= 0.3 is 5.97 Å². The second kappa shape index (κ2) is 19.7. The third-order valence-electron chi connectivity index (χ3n) is 6.30. The lowest BCUT2D eigenvalue weighted by Gasteiger charge is -2.29. The quantitative estimate of drug-likeness (QED) is 0.183. The van der Waals surface area contributed by atoms with Crippen molar-refractivity contribution in [3.63, 3.8) is 0 Å². The maximum Gasteiger partial charge on any atom is 0.323 e. The van der Waals surface area contributed by atoms with Gasteiger partial charge in [-0.15, -0.1) is 0 Å². The minimum Gasteiger partial charge on any atom is -0.480 e. The van der Waals surface area contributed by atoms with E-state index >= 15 is 0 Å². The first-order valence-electron chi connectivity index (χ1n) is 12.5. The van der Waals surface area contributed by atoms with Crippen LogP contribution in [0.4, 0.5) is 0 Å². The number of likely N-dealkylation sites (N-methyl/N-ethyl adjacent to an activating group) is 1. The van der Waals surface area contributed by atoms with Crippen LogP contribution in [-0.4, -0.2) is 23.7 Å². The summed E-state index contributed by atoms with van der Waals surface area (Å²) in [6.07, 6.45) is 24.6. The number of carboxylic acid groups (broad SMARTS) is 1. The highest BCUT2D eigenvalue weighted by Gasteiger charge is 2.35. The van der Waals surface area contributed by atoms with Crippen LogP contribution in [-0.2, 0) is 4.79 Å². The summed E-state index contributed by atoms with van der Waals surface area (Å²) in [5.74, 6) is -0.658. The van der Waals surface area contributed by atoms with Crippen molar-refractivity contribution in [2.45, 2.75) is 148 Å². The Morgan fingerprint density at radius 3 is 1.14 bits per heavy atom. The van der Waals surface area contributed by atoms with Gasteiger partial charge in [-0.05, 0) is 19.9 Å². The van der Waals surface area contributed by atoms with E-state index in [9.17, 15) is 9.90 Å². The molecule has 28 heavy (non-hydrogen) atoms. The molecule has 0 rings (SSSR count). The van der Waals surface area contributed by atoms with E-state index in [1.54, 1.807) is 0 Å². The fourth-order valence-corrected chi connectivity index (χ4v) is 4.17. The van der Waals surface area contributed by atoms with E-state index in [2.05, 4.69) is 19.2 Å². The predicted molar refractivity (Wildman–Crippen MR) is 123 cm³/mol. The Bertz CT molecular complexity index is 345. The maximum absolute atomic E-state index is 11.9. The molecule has 0 aliphatic carbocycles. The van der Waals surface area contributed by atoms with Gasteiger partial charge in [-0.1, -0.05) is 129 Å². The lowest BCUT2D eigenvalue weighted by Crippen LogP contribution is -2.50. The molecule has 2 N–H and O–H groups in total. The Morgan fingerprint density at radius 1 is 0.607 bits per heavy atom. The molecule has 0 amide bonds. The smallest absolute Gasteiger partial charge is 0.323 e. The van der Waals surface area contributed by atoms with Crippen molar-refractivity contribution in [3.05, 3.63) is 0 Å². The monoisotopic (exact) mass is 397 g/mol. The summed E-state index contributed by atoms with van der Waals surface area (Å²) >= 11 is 0. The number of nitrogens with one attached hydrogen (secondary N) is 1. The van der Waals surface area contributed by atoms with Crippen LogP contribution >= 0.6 is 0 Å². The van der Waals surface area contributed by atoms with Crippen LogP contribution in [0.5, 0.6) is 0 Å². The number of hydrogen-bond donors (Lipinski definition) is 2. The van der Waals surface area contributed by atoms with Crippen molar-refractivity contribution >= 4 is 5.97 Å². The van der Waals surface area contributed by atoms with Crippen LogP contribution in [0.2, 0.25) is 0 Å². The molecule has 1 atom stereocenters. The average molecular weight is 398 g/mol. The molecule has 0 aromatic carbocycles. The molecule has 1 unspecified atom stereocenters. The first kappa shape index (κ1) is 27.4. The summed E-state index contributed by atoms with van der Waals surface area (Å²) in [6, 6.07) is 0. The fourth-order valence-electron chi connectivity index (χ4n) is 4.17. The summed E-state index contributed by atoms with van der Waals surface area (Å²) in [5, 5.41) is 13.0. The molecule has 0 aliphatic heterocycles. The summed E-state index contributed by atoms with van der Waals surface area (Å²) < 4.78 is 0. The third kappa shape index (κ3) is 14.4. The van der Waals surface area contributed by atoms with E-state index < -0.39 is 11.5 Å². The molecule has 0 saturated carbocycles. The van der Waals surface area contributed by atoms with Crippen LogP contribution in [0, 0.1) is 0 Å². The summed E-state index contributed by atoms with van der Waals surface area (Å²) in [5.41, 5.74) is -0.706. The first-order valence-corrected chi connectivity index (χ1v) is 12.5. The zero-order chi connectivity index (χ0) is 20.9. The molecule has 0 aromatic heterocycles.